The van der Waals surface area contributed by atoms with Crippen LogP contribution in [0.1, 0.15) is 37.8 Å². The molecule has 0 aliphatic rings. The Kier molecular flexibility index (Phi) is 7.60. The van der Waals surface area contributed by atoms with Crippen molar-refractivity contribution in [3.05, 3.63) is 35.4 Å². The molecule has 0 saturated carbocycles. The van der Waals surface area contributed by atoms with Gasteiger partial charge in [-0.05, 0) is 25.8 Å². The fourth-order valence-corrected chi connectivity index (χ4v) is 2.33. The monoisotopic (exact) mass is 307 g/mol. The summed E-state index contributed by atoms with van der Waals surface area (Å²) in [5.74, 6) is -1.16. The Morgan fingerprint density at radius 2 is 1.86 bits per heavy atom. The van der Waals surface area contributed by atoms with Crippen molar-refractivity contribution in [1.82, 2.24) is 4.90 Å². The first kappa shape index (κ1) is 18.2. The molecule has 0 spiro atoms. The number of hydrogen-bond donors (Lipinski definition) is 1. The third kappa shape index (κ3) is 5.85. The quantitative estimate of drug-likeness (QED) is 0.710. The number of carboxylic acid groups (broad SMARTS) is 1. The minimum Gasteiger partial charge on any atom is -0.480 e. The van der Waals surface area contributed by atoms with Crippen LogP contribution in [-0.2, 0) is 20.9 Å². The Balaban J connectivity index is 2.78. The topological polar surface area (TPSA) is 66.8 Å². The maximum absolute atomic E-state index is 11.5. The third-order valence-corrected chi connectivity index (χ3v) is 3.53. The maximum Gasteiger partial charge on any atom is 0.320 e. The zero-order valence-corrected chi connectivity index (χ0v) is 13.5. The van der Waals surface area contributed by atoms with Gasteiger partial charge in [-0.3, -0.25) is 14.5 Å². The van der Waals surface area contributed by atoms with Crippen LogP contribution in [0, 0.1) is 6.92 Å². The molecule has 5 nitrogen and oxygen atoms in total. The number of esters is 1. The second kappa shape index (κ2) is 9.20. The Morgan fingerprint density at radius 1 is 1.23 bits per heavy atom. The minimum atomic E-state index is -0.863. The summed E-state index contributed by atoms with van der Waals surface area (Å²) < 4.78 is 4.92. The van der Waals surface area contributed by atoms with E-state index >= 15 is 0 Å². The van der Waals surface area contributed by atoms with E-state index in [1.54, 1.807) is 6.92 Å². The largest absolute Gasteiger partial charge is 0.480 e. The van der Waals surface area contributed by atoms with Crippen LogP contribution in [0.2, 0.25) is 0 Å². The second-order valence-electron chi connectivity index (χ2n) is 5.27. The normalized spacial score (nSPS) is 12.2. The van der Waals surface area contributed by atoms with Crippen molar-refractivity contribution in [3.63, 3.8) is 0 Å². The van der Waals surface area contributed by atoms with Crippen LogP contribution >= 0.6 is 0 Å². The molecule has 122 valence electrons. The fourth-order valence-electron chi connectivity index (χ4n) is 2.33. The number of ether oxygens (including phenoxy) is 1. The number of hydrogen-bond acceptors (Lipinski definition) is 4. The summed E-state index contributed by atoms with van der Waals surface area (Å²) >= 11 is 0. The van der Waals surface area contributed by atoms with Gasteiger partial charge in [0.15, 0.2) is 0 Å². The third-order valence-electron chi connectivity index (χ3n) is 3.53. The molecular formula is C17H25NO4. The molecule has 1 unspecified atom stereocenters. The average molecular weight is 307 g/mol. The summed E-state index contributed by atoms with van der Waals surface area (Å²) in [6.45, 7) is 6.82. The van der Waals surface area contributed by atoms with Crippen LogP contribution in [0.25, 0.3) is 0 Å². The Bertz CT molecular complexity index is 484. The van der Waals surface area contributed by atoms with E-state index in [1.807, 2.05) is 43.0 Å². The first-order valence-corrected chi connectivity index (χ1v) is 7.65. The van der Waals surface area contributed by atoms with Crippen molar-refractivity contribution in [3.8, 4) is 0 Å². The van der Waals surface area contributed by atoms with Crippen molar-refractivity contribution in [2.24, 2.45) is 0 Å². The highest BCUT2D eigenvalue weighted by Gasteiger charge is 2.24. The Morgan fingerprint density at radius 3 is 2.36 bits per heavy atom. The number of benzene rings is 1. The standard InChI is InChI=1S/C17H25NO4/c1-4-15(17(20)21)18(11-10-16(19)22-5-2)12-14-8-6-13(3)7-9-14/h6-9,15H,4-5,10-12H2,1-3H3,(H,20,21). The van der Waals surface area contributed by atoms with Gasteiger partial charge in [-0.25, -0.2) is 0 Å². The van der Waals surface area contributed by atoms with Crippen molar-refractivity contribution >= 4 is 11.9 Å². The summed E-state index contributed by atoms with van der Waals surface area (Å²) in [6, 6.07) is 7.37. The van der Waals surface area contributed by atoms with Crippen molar-refractivity contribution in [1.29, 1.82) is 0 Å². The van der Waals surface area contributed by atoms with Gasteiger partial charge in [-0.2, -0.15) is 0 Å². The van der Waals surface area contributed by atoms with Crippen molar-refractivity contribution in [2.45, 2.75) is 46.2 Å². The molecule has 0 fully saturated rings. The van der Waals surface area contributed by atoms with Crippen LogP contribution in [0.5, 0.6) is 0 Å². The molecule has 22 heavy (non-hydrogen) atoms. The number of aryl methyl sites for hydroxylation is 1. The summed E-state index contributed by atoms with van der Waals surface area (Å²) in [5, 5.41) is 9.38. The second-order valence-corrected chi connectivity index (χ2v) is 5.27. The molecule has 0 bridgehead atoms. The van der Waals surface area contributed by atoms with Gasteiger partial charge in [0, 0.05) is 13.1 Å². The van der Waals surface area contributed by atoms with E-state index in [1.165, 1.54) is 0 Å². The molecule has 0 heterocycles. The molecule has 0 aliphatic carbocycles. The first-order valence-electron chi connectivity index (χ1n) is 7.65. The minimum absolute atomic E-state index is 0.198. The number of nitrogens with zero attached hydrogens (tertiary/aromatic N) is 1. The van der Waals surface area contributed by atoms with Gasteiger partial charge < -0.3 is 9.84 Å². The molecule has 1 atom stereocenters. The number of carbonyl (C=O) groups excluding carboxylic acids is 1. The van der Waals surface area contributed by atoms with Gasteiger partial charge in [-0.15, -0.1) is 0 Å². The van der Waals surface area contributed by atoms with E-state index in [-0.39, 0.29) is 12.4 Å². The highest BCUT2D eigenvalue weighted by atomic mass is 16.5. The van der Waals surface area contributed by atoms with Gasteiger partial charge in [0.1, 0.15) is 6.04 Å². The maximum atomic E-state index is 11.5. The fraction of sp³-hybridized carbons (Fsp3) is 0.529. The average Bonchev–Trinajstić information content (AvgIpc) is 2.47. The van der Waals surface area contributed by atoms with Gasteiger partial charge in [0.25, 0.3) is 0 Å². The molecule has 1 rings (SSSR count). The molecule has 1 N–H and O–H groups in total. The van der Waals surface area contributed by atoms with Crippen LogP contribution in [0.4, 0.5) is 0 Å². The summed E-state index contributed by atoms with van der Waals surface area (Å²) in [5.41, 5.74) is 2.20. The van der Waals surface area contributed by atoms with Crippen molar-refractivity contribution < 1.29 is 19.4 Å². The first-order chi connectivity index (χ1) is 10.5. The van der Waals surface area contributed by atoms with Gasteiger partial charge >= 0.3 is 11.9 Å². The molecule has 0 aromatic heterocycles. The highest BCUT2D eigenvalue weighted by Crippen LogP contribution is 2.13. The highest BCUT2D eigenvalue weighted by molar-refractivity contribution is 5.73. The van der Waals surface area contributed by atoms with E-state index in [4.69, 9.17) is 4.74 Å². The van der Waals surface area contributed by atoms with Crippen LogP contribution in [0.15, 0.2) is 24.3 Å². The molecule has 0 radical (unpaired) electrons. The zero-order chi connectivity index (χ0) is 16.5. The lowest BCUT2D eigenvalue weighted by Gasteiger charge is -2.28. The molecule has 1 aromatic rings. The van der Waals surface area contributed by atoms with Crippen LogP contribution in [-0.4, -0.2) is 41.1 Å². The Labute approximate surface area is 131 Å². The zero-order valence-electron chi connectivity index (χ0n) is 13.5. The number of aliphatic carboxylic acids is 1. The number of carboxylic acids is 1. The van der Waals surface area contributed by atoms with E-state index in [9.17, 15) is 14.7 Å². The summed E-state index contributed by atoms with van der Waals surface area (Å²) in [4.78, 5) is 24.8. The van der Waals surface area contributed by atoms with Gasteiger partial charge in [0.2, 0.25) is 0 Å². The van der Waals surface area contributed by atoms with Gasteiger partial charge in [0.05, 0.1) is 13.0 Å². The lowest BCUT2D eigenvalue weighted by Crippen LogP contribution is -2.41. The smallest absolute Gasteiger partial charge is 0.320 e. The summed E-state index contributed by atoms with van der Waals surface area (Å²) in [7, 11) is 0. The Hall–Kier alpha value is -1.88. The molecule has 1 aromatic carbocycles. The number of carbonyl (C=O) groups is 2. The molecular weight excluding hydrogens is 282 g/mol. The van der Waals surface area contributed by atoms with Gasteiger partial charge in [-0.1, -0.05) is 36.8 Å². The lowest BCUT2D eigenvalue weighted by molar-refractivity contribution is -0.147. The number of rotatable bonds is 9. The van der Waals surface area contributed by atoms with E-state index < -0.39 is 12.0 Å². The predicted octanol–water partition coefficient (Wildman–Crippen LogP) is 2.61. The van der Waals surface area contributed by atoms with E-state index in [0.717, 1.165) is 11.1 Å². The molecule has 5 heteroatoms. The SMILES string of the molecule is CCOC(=O)CCN(Cc1ccc(C)cc1)C(CC)C(=O)O. The van der Waals surface area contributed by atoms with E-state index in [2.05, 4.69) is 0 Å². The summed E-state index contributed by atoms with van der Waals surface area (Å²) in [6.07, 6.45) is 0.688. The molecule has 0 amide bonds. The molecule has 0 aliphatic heterocycles. The van der Waals surface area contributed by atoms with Crippen molar-refractivity contribution in [2.75, 3.05) is 13.2 Å². The van der Waals surface area contributed by atoms with Crippen LogP contribution in [0.3, 0.4) is 0 Å². The molecule has 0 saturated heterocycles. The lowest BCUT2D eigenvalue weighted by atomic mass is 10.1. The van der Waals surface area contributed by atoms with Crippen LogP contribution < -0.4 is 0 Å². The predicted molar refractivity (Wildman–Crippen MR) is 84.6 cm³/mol. The van der Waals surface area contributed by atoms with E-state index in [0.29, 0.717) is 26.1 Å².